The summed E-state index contributed by atoms with van der Waals surface area (Å²) in [5, 5.41) is 17.6. The summed E-state index contributed by atoms with van der Waals surface area (Å²) in [5.41, 5.74) is 1.39. The predicted molar refractivity (Wildman–Crippen MR) is 77.4 cm³/mol. The molecule has 1 aromatic rings. The molecule has 0 saturated carbocycles. The van der Waals surface area contributed by atoms with E-state index in [1.807, 2.05) is 6.92 Å². The van der Waals surface area contributed by atoms with Gasteiger partial charge in [0.05, 0.1) is 12.2 Å². The van der Waals surface area contributed by atoms with E-state index in [4.69, 9.17) is 10.2 Å². The highest BCUT2D eigenvalue weighted by Crippen LogP contribution is 2.17. The minimum Gasteiger partial charge on any atom is -0.396 e. The van der Waals surface area contributed by atoms with Crippen LogP contribution in [0.2, 0.25) is 0 Å². The third-order valence-electron chi connectivity index (χ3n) is 2.47. The van der Waals surface area contributed by atoms with Crippen molar-refractivity contribution in [3.05, 3.63) is 35.1 Å². The van der Waals surface area contributed by atoms with E-state index < -0.39 is 0 Å². The molecule has 0 aliphatic carbocycles. The average molecular weight is 282 g/mol. The zero-order valence-electron chi connectivity index (χ0n) is 11.0. The Balaban J connectivity index is 2.61. The molecule has 2 N–H and O–H groups in total. The highest BCUT2D eigenvalue weighted by atomic mass is 32.2. The maximum absolute atomic E-state index is 13.5. The van der Waals surface area contributed by atoms with Gasteiger partial charge in [-0.1, -0.05) is 24.8 Å². The number of hydrogen-bond acceptors (Lipinski definition) is 3. The van der Waals surface area contributed by atoms with Crippen molar-refractivity contribution >= 4 is 11.8 Å². The molecule has 0 aliphatic rings. The van der Waals surface area contributed by atoms with Gasteiger partial charge in [0.25, 0.3) is 0 Å². The minimum absolute atomic E-state index is 0.0107. The topological polar surface area (TPSA) is 40.5 Å². The van der Waals surface area contributed by atoms with Gasteiger partial charge in [0.2, 0.25) is 0 Å². The van der Waals surface area contributed by atoms with E-state index in [1.54, 1.807) is 23.9 Å². The first-order chi connectivity index (χ1) is 9.17. The highest BCUT2D eigenvalue weighted by Gasteiger charge is 2.03. The summed E-state index contributed by atoms with van der Waals surface area (Å²) in [6.07, 6.45) is 0.354. The Morgan fingerprint density at radius 2 is 2.16 bits per heavy atom. The van der Waals surface area contributed by atoms with E-state index in [-0.39, 0.29) is 24.9 Å². The Kier molecular flexibility index (Phi) is 7.57. The van der Waals surface area contributed by atoms with Gasteiger partial charge in [-0.3, -0.25) is 0 Å². The van der Waals surface area contributed by atoms with Crippen LogP contribution in [0.5, 0.6) is 0 Å². The first kappa shape index (κ1) is 16.0. The van der Waals surface area contributed by atoms with Gasteiger partial charge < -0.3 is 10.2 Å². The van der Waals surface area contributed by atoms with Crippen LogP contribution in [0.25, 0.3) is 0 Å². The fraction of sp³-hybridized carbons (Fsp3) is 0.467. The largest absolute Gasteiger partial charge is 0.396 e. The Morgan fingerprint density at radius 3 is 2.84 bits per heavy atom. The SMILES string of the molecule is CC(CO)CSCc1ccc(F)c(C#CCCO)c1. The van der Waals surface area contributed by atoms with Gasteiger partial charge in [0, 0.05) is 18.8 Å². The molecule has 0 fully saturated rings. The average Bonchev–Trinajstić information content (AvgIpc) is 2.42. The van der Waals surface area contributed by atoms with Gasteiger partial charge in [0.15, 0.2) is 0 Å². The van der Waals surface area contributed by atoms with Crippen molar-refractivity contribution in [1.82, 2.24) is 0 Å². The predicted octanol–water partition coefficient (Wildman–Crippen LogP) is 2.42. The Labute approximate surface area is 118 Å². The molecule has 4 heteroatoms. The third kappa shape index (κ3) is 6.11. The molecule has 0 spiro atoms. The molecular formula is C15H19FO2S. The molecule has 0 aromatic heterocycles. The molecule has 1 atom stereocenters. The maximum atomic E-state index is 13.5. The molecule has 0 saturated heterocycles. The fourth-order valence-corrected chi connectivity index (χ4v) is 2.44. The first-order valence-corrected chi connectivity index (χ1v) is 7.39. The molecule has 0 radical (unpaired) electrons. The smallest absolute Gasteiger partial charge is 0.138 e. The van der Waals surface area contributed by atoms with E-state index in [0.29, 0.717) is 12.0 Å². The molecular weight excluding hydrogens is 263 g/mol. The van der Waals surface area contributed by atoms with Gasteiger partial charge in [0.1, 0.15) is 5.82 Å². The molecule has 2 nitrogen and oxygen atoms in total. The molecule has 0 amide bonds. The quantitative estimate of drug-likeness (QED) is 0.787. The lowest BCUT2D eigenvalue weighted by molar-refractivity contribution is 0.250. The molecule has 19 heavy (non-hydrogen) atoms. The molecule has 1 unspecified atom stereocenters. The van der Waals surface area contributed by atoms with Gasteiger partial charge in [-0.05, 0) is 29.4 Å². The van der Waals surface area contributed by atoms with Crippen molar-refractivity contribution in [1.29, 1.82) is 0 Å². The molecule has 0 heterocycles. The van der Waals surface area contributed by atoms with Gasteiger partial charge >= 0.3 is 0 Å². The second kappa shape index (κ2) is 8.98. The number of aliphatic hydroxyl groups is 2. The number of hydrogen-bond donors (Lipinski definition) is 2. The summed E-state index contributed by atoms with van der Waals surface area (Å²) in [7, 11) is 0. The van der Waals surface area contributed by atoms with Gasteiger partial charge in [-0.2, -0.15) is 11.8 Å². The lowest BCUT2D eigenvalue weighted by Crippen LogP contribution is -2.03. The second-order valence-electron chi connectivity index (χ2n) is 4.39. The van der Waals surface area contributed by atoms with Crippen LogP contribution < -0.4 is 0 Å². The maximum Gasteiger partial charge on any atom is 0.138 e. The lowest BCUT2D eigenvalue weighted by Gasteiger charge is -2.07. The number of thioether (sulfide) groups is 1. The molecule has 104 valence electrons. The van der Waals surface area contributed by atoms with Crippen molar-refractivity contribution in [2.45, 2.75) is 19.1 Å². The third-order valence-corrected chi connectivity index (χ3v) is 3.82. The van der Waals surface area contributed by atoms with E-state index in [2.05, 4.69) is 11.8 Å². The van der Waals surface area contributed by atoms with Crippen LogP contribution in [-0.4, -0.2) is 29.2 Å². The van der Waals surface area contributed by atoms with Crippen LogP contribution in [0.3, 0.4) is 0 Å². The van der Waals surface area contributed by atoms with Crippen LogP contribution in [0.4, 0.5) is 4.39 Å². The molecule has 0 aliphatic heterocycles. The number of aliphatic hydroxyl groups excluding tert-OH is 2. The van der Waals surface area contributed by atoms with E-state index in [9.17, 15) is 4.39 Å². The summed E-state index contributed by atoms with van der Waals surface area (Å²) in [4.78, 5) is 0. The fourth-order valence-electron chi connectivity index (χ4n) is 1.40. The lowest BCUT2D eigenvalue weighted by atomic mass is 10.1. The first-order valence-electron chi connectivity index (χ1n) is 6.24. The van der Waals surface area contributed by atoms with Crippen LogP contribution in [0.15, 0.2) is 18.2 Å². The van der Waals surface area contributed by atoms with E-state index in [1.165, 1.54) is 6.07 Å². The van der Waals surface area contributed by atoms with Crippen molar-refractivity contribution < 1.29 is 14.6 Å². The Hall–Kier alpha value is -1.02. The standard InChI is InChI=1S/C15H19FO2S/c1-12(9-18)10-19-11-13-5-6-15(16)14(8-13)4-2-3-7-17/h5-6,8,12,17-18H,3,7,9-11H2,1H3. The van der Waals surface area contributed by atoms with Crippen LogP contribution in [-0.2, 0) is 5.75 Å². The van der Waals surface area contributed by atoms with Crippen LogP contribution in [0.1, 0.15) is 24.5 Å². The Morgan fingerprint density at radius 1 is 1.37 bits per heavy atom. The van der Waals surface area contributed by atoms with Gasteiger partial charge in [-0.25, -0.2) is 4.39 Å². The van der Waals surface area contributed by atoms with Crippen molar-refractivity contribution in [3.63, 3.8) is 0 Å². The monoisotopic (exact) mass is 282 g/mol. The molecule has 1 rings (SSSR count). The van der Waals surface area contributed by atoms with Crippen molar-refractivity contribution in [3.8, 4) is 11.8 Å². The van der Waals surface area contributed by atoms with Crippen molar-refractivity contribution in [2.24, 2.45) is 5.92 Å². The van der Waals surface area contributed by atoms with E-state index in [0.717, 1.165) is 17.1 Å². The van der Waals surface area contributed by atoms with Gasteiger partial charge in [-0.15, -0.1) is 0 Å². The minimum atomic E-state index is -0.331. The summed E-state index contributed by atoms with van der Waals surface area (Å²) in [5.74, 6) is 7.05. The zero-order chi connectivity index (χ0) is 14.1. The molecule has 1 aromatic carbocycles. The normalized spacial score (nSPS) is 11.8. The summed E-state index contributed by atoms with van der Waals surface area (Å²) >= 11 is 1.71. The molecule has 0 bridgehead atoms. The highest BCUT2D eigenvalue weighted by molar-refractivity contribution is 7.98. The van der Waals surface area contributed by atoms with E-state index >= 15 is 0 Å². The summed E-state index contributed by atoms with van der Waals surface area (Å²) in [6, 6.07) is 4.92. The van der Waals surface area contributed by atoms with Crippen molar-refractivity contribution in [2.75, 3.05) is 19.0 Å². The number of benzene rings is 1. The summed E-state index contributed by atoms with van der Waals surface area (Å²) in [6.45, 7) is 2.17. The van der Waals surface area contributed by atoms with Crippen LogP contribution in [0, 0.1) is 23.6 Å². The second-order valence-corrected chi connectivity index (χ2v) is 5.42. The zero-order valence-corrected chi connectivity index (χ0v) is 11.8. The number of halogens is 1. The number of rotatable bonds is 6. The Bertz CT molecular complexity index is 451. The van der Waals surface area contributed by atoms with Crippen LogP contribution >= 0.6 is 11.8 Å². The summed E-state index contributed by atoms with van der Waals surface area (Å²) < 4.78 is 13.5.